The largest absolute Gasteiger partial charge is 0.353 e. The van der Waals surface area contributed by atoms with E-state index in [-0.39, 0.29) is 17.5 Å². The fourth-order valence-corrected chi connectivity index (χ4v) is 3.82. The van der Waals surface area contributed by atoms with Crippen LogP contribution in [-0.2, 0) is 30.1 Å². The zero-order chi connectivity index (χ0) is 21.9. The quantitative estimate of drug-likeness (QED) is 0.325. The highest BCUT2D eigenvalue weighted by atomic mass is 16.7. The standard InChI is InChI=1S/C22H38N4O4/c1-5-29-18(30-6-2)15-13-11-9-7-8-10-12-14-16-26-21(27)19-20(23-17-24(19)3)25(4)22(26)28/h17-18H,5-16H2,1-4H3. The van der Waals surface area contributed by atoms with Crippen LogP contribution in [0.3, 0.4) is 0 Å². The van der Waals surface area contributed by atoms with E-state index in [9.17, 15) is 9.59 Å². The number of aryl methyl sites for hydroxylation is 2. The van der Waals surface area contributed by atoms with Gasteiger partial charge in [-0.05, 0) is 33.1 Å². The van der Waals surface area contributed by atoms with E-state index in [2.05, 4.69) is 4.98 Å². The Hall–Kier alpha value is -1.93. The van der Waals surface area contributed by atoms with Gasteiger partial charge in [0.2, 0.25) is 0 Å². The van der Waals surface area contributed by atoms with Crippen LogP contribution in [0.25, 0.3) is 11.2 Å². The molecule has 8 heteroatoms. The summed E-state index contributed by atoms with van der Waals surface area (Å²) >= 11 is 0. The van der Waals surface area contributed by atoms with Crippen molar-refractivity contribution in [3.8, 4) is 0 Å². The number of ether oxygens (including phenoxy) is 2. The Balaban J connectivity index is 1.64. The van der Waals surface area contributed by atoms with Gasteiger partial charge in [-0.15, -0.1) is 0 Å². The topological polar surface area (TPSA) is 80.3 Å². The molecular weight excluding hydrogens is 384 g/mol. The van der Waals surface area contributed by atoms with E-state index in [0.29, 0.717) is 30.9 Å². The van der Waals surface area contributed by atoms with Crippen molar-refractivity contribution in [3.63, 3.8) is 0 Å². The Kier molecular flexibility index (Phi) is 10.3. The van der Waals surface area contributed by atoms with Crippen LogP contribution in [0.1, 0.15) is 71.6 Å². The van der Waals surface area contributed by atoms with Gasteiger partial charge in [-0.3, -0.25) is 13.9 Å². The van der Waals surface area contributed by atoms with Gasteiger partial charge in [-0.25, -0.2) is 9.78 Å². The molecule has 8 nitrogen and oxygen atoms in total. The lowest BCUT2D eigenvalue weighted by atomic mass is 10.1. The van der Waals surface area contributed by atoms with E-state index in [1.54, 1.807) is 25.0 Å². The molecule has 0 aliphatic heterocycles. The van der Waals surface area contributed by atoms with Crippen LogP contribution in [0.5, 0.6) is 0 Å². The highest BCUT2D eigenvalue weighted by Crippen LogP contribution is 2.13. The first kappa shape index (κ1) is 24.3. The van der Waals surface area contributed by atoms with Crippen LogP contribution < -0.4 is 11.2 Å². The van der Waals surface area contributed by atoms with Crippen molar-refractivity contribution in [2.75, 3.05) is 13.2 Å². The third-order valence-corrected chi connectivity index (χ3v) is 5.48. The fourth-order valence-electron chi connectivity index (χ4n) is 3.82. The maximum Gasteiger partial charge on any atom is 0.332 e. The number of aromatic nitrogens is 4. The van der Waals surface area contributed by atoms with E-state index in [1.807, 2.05) is 13.8 Å². The predicted octanol–water partition coefficient (Wildman–Crippen LogP) is 3.34. The smallest absolute Gasteiger partial charge is 0.332 e. The summed E-state index contributed by atoms with van der Waals surface area (Å²) in [5, 5.41) is 0. The molecule has 0 radical (unpaired) electrons. The molecule has 0 bridgehead atoms. The summed E-state index contributed by atoms with van der Waals surface area (Å²) in [6, 6.07) is 0. The summed E-state index contributed by atoms with van der Waals surface area (Å²) < 4.78 is 15.6. The first-order chi connectivity index (χ1) is 14.5. The molecular formula is C22H38N4O4. The van der Waals surface area contributed by atoms with Gasteiger partial charge in [-0.2, -0.15) is 0 Å². The van der Waals surface area contributed by atoms with Crippen molar-refractivity contribution in [1.29, 1.82) is 0 Å². The van der Waals surface area contributed by atoms with Crippen molar-refractivity contribution >= 4 is 11.2 Å². The minimum atomic E-state index is -0.288. The zero-order valence-corrected chi connectivity index (χ0v) is 19.1. The molecule has 0 saturated heterocycles. The SMILES string of the molecule is CCOC(CCCCCCCCCCn1c(=O)c2c(ncn2C)n(C)c1=O)OCC. The molecule has 0 aliphatic rings. The van der Waals surface area contributed by atoms with Gasteiger partial charge in [-0.1, -0.05) is 38.5 Å². The lowest BCUT2D eigenvalue weighted by Crippen LogP contribution is -2.39. The van der Waals surface area contributed by atoms with Crippen molar-refractivity contribution in [2.24, 2.45) is 14.1 Å². The fraction of sp³-hybridized carbons (Fsp3) is 0.773. The van der Waals surface area contributed by atoms with Crippen LogP contribution in [0, 0.1) is 0 Å². The molecule has 2 aromatic heterocycles. The van der Waals surface area contributed by atoms with E-state index < -0.39 is 0 Å². The number of nitrogens with zero attached hydrogens (tertiary/aromatic N) is 4. The first-order valence-electron chi connectivity index (χ1n) is 11.3. The molecule has 2 heterocycles. The van der Waals surface area contributed by atoms with Crippen molar-refractivity contribution in [2.45, 2.75) is 84.5 Å². The molecule has 170 valence electrons. The number of fused-ring (bicyclic) bond motifs is 1. The first-order valence-corrected chi connectivity index (χ1v) is 11.3. The normalized spacial score (nSPS) is 11.8. The Morgan fingerprint density at radius 1 is 0.900 bits per heavy atom. The summed E-state index contributed by atoms with van der Waals surface area (Å²) in [6.07, 6.45) is 11.4. The van der Waals surface area contributed by atoms with Gasteiger partial charge < -0.3 is 14.0 Å². The Morgan fingerprint density at radius 3 is 2.07 bits per heavy atom. The van der Waals surface area contributed by atoms with Gasteiger partial charge in [0.1, 0.15) is 0 Å². The van der Waals surface area contributed by atoms with Crippen LogP contribution in [0.15, 0.2) is 15.9 Å². The Labute approximate surface area is 178 Å². The molecule has 0 aromatic carbocycles. The third kappa shape index (κ3) is 6.54. The van der Waals surface area contributed by atoms with E-state index in [4.69, 9.17) is 9.47 Å². The van der Waals surface area contributed by atoms with Gasteiger partial charge in [0, 0.05) is 33.9 Å². The number of hydrogen-bond acceptors (Lipinski definition) is 5. The van der Waals surface area contributed by atoms with Crippen molar-refractivity contribution < 1.29 is 9.47 Å². The highest BCUT2D eigenvalue weighted by Gasteiger charge is 2.14. The van der Waals surface area contributed by atoms with Crippen LogP contribution in [0.4, 0.5) is 0 Å². The highest BCUT2D eigenvalue weighted by molar-refractivity contribution is 5.69. The zero-order valence-electron chi connectivity index (χ0n) is 19.1. The monoisotopic (exact) mass is 422 g/mol. The maximum absolute atomic E-state index is 12.7. The van der Waals surface area contributed by atoms with E-state index in [1.165, 1.54) is 34.8 Å². The van der Waals surface area contributed by atoms with Crippen LogP contribution in [0.2, 0.25) is 0 Å². The summed E-state index contributed by atoms with van der Waals surface area (Å²) in [5.41, 5.74) is 0.389. The lowest BCUT2D eigenvalue weighted by molar-refractivity contribution is -0.140. The third-order valence-electron chi connectivity index (χ3n) is 5.48. The average molecular weight is 423 g/mol. The second-order valence-corrected chi connectivity index (χ2v) is 7.78. The van der Waals surface area contributed by atoms with E-state index >= 15 is 0 Å². The second kappa shape index (κ2) is 12.7. The van der Waals surface area contributed by atoms with Gasteiger partial charge in [0.15, 0.2) is 17.5 Å². The molecule has 0 aliphatic carbocycles. The summed E-state index contributed by atoms with van der Waals surface area (Å²) in [4.78, 5) is 29.3. The molecule has 0 fully saturated rings. The molecule has 2 aromatic rings. The molecule has 0 N–H and O–H groups in total. The van der Waals surface area contributed by atoms with Gasteiger partial charge >= 0.3 is 5.69 Å². The Bertz CT molecular complexity index is 878. The number of rotatable bonds is 15. The van der Waals surface area contributed by atoms with Crippen LogP contribution in [-0.4, -0.2) is 38.2 Å². The Morgan fingerprint density at radius 2 is 1.47 bits per heavy atom. The molecule has 0 atom stereocenters. The van der Waals surface area contributed by atoms with Gasteiger partial charge in [0.25, 0.3) is 5.56 Å². The average Bonchev–Trinajstić information content (AvgIpc) is 3.12. The summed E-state index contributed by atoms with van der Waals surface area (Å²) in [6.45, 7) is 5.84. The number of hydrogen-bond donors (Lipinski definition) is 0. The van der Waals surface area contributed by atoms with Crippen LogP contribution >= 0.6 is 0 Å². The molecule has 0 unspecified atom stereocenters. The molecule has 0 spiro atoms. The molecule has 30 heavy (non-hydrogen) atoms. The number of unbranched alkanes of at least 4 members (excludes halogenated alkanes) is 7. The lowest BCUT2D eigenvalue weighted by Gasteiger charge is -2.16. The molecule has 0 amide bonds. The van der Waals surface area contributed by atoms with E-state index in [0.717, 1.165) is 32.1 Å². The second-order valence-electron chi connectivity index (χ2n) is 7.78. The summed E-state index contributed by atoms with van der Waals surface area (Å²) in [7, 11) is 3.44. The summed E-state index contributed by atoms with van der Waals surface area (Å²) in [5.74, 6) is 0. The predicted molar refractivity (Wildman–Crippen MR) is 119 cm³/mol. The van der Waals surface area contributed by atoms with Crippen molar-refractivity contribution in [3.05, 3.63) is 27.2 Å². The van der Waals surface area contributed by atoms with Gasteiger partial charge in [0.05, 0.1) is 6.33 Å². The van der Waals surface area contributed by atoms with Crippen molar-refractivity contribution in [1.82, 2.24) is 18.7 Å². The number of imidazole rings is 1. The molecule has 0 saturated carbocycles. The molecule has 2 rings (SSSR count). The minimum absolute atomic E-state index is 0.0540. The maximum atomic E-state index is 12.7. The minimum Gasteiger partial charge on any atom is -0.353 e.